The summed E-state index contributed by atoms with van der Waals surface area (Å²) >= 11 is 0. The normalized spacial score (nSPS) is 21.2. The quantitative estimate of drug-likeness (QED) is 0.691. The van der Waals surface area contributed by atoms with Gasteiger partial charge in [-0.3, -0.25) is 4.90 Å². The second-order valence-electron chi connectivity index (χ2n) is 5.60. The molecule has 1 saturated heterocycles. The van der Waals surface area contributed by atoms with Crippen LogP contribution < -0.4 is 10.5 Å². The fraction of sp³-hybridized carbons (Fsp3) is 0.625. The molecule has 21 heavy (non-hydrogen) atoms. The molecule has 2 rings (SSSR count). The Morgan fingerprint density at radius 1 is 1.33 bits per heavy atom. The van der Waals surface area contributed by atoms with E-state index in [1.807, 2.05) is 24.3 Å². The minimum absolute atomic E-state index is 0.156. The van der Waals surface area contributed by atoms with Gasteiger partial charge in [-0.05, 0) is 25.5 Å². The molecule has 0 amide bonds. The van der Waals surface area contributed by atoms with Gasteiger partial charge in [-0.25, -0.2) is 0 Å². The summed E-state index contributed by atoms with van der Waals surface area (Å²) < 4.78 is 5.68. The van der Waals surface area contributed by atoms with Crippen molar-refractivity contribution >= 4 is 0 Å². The van der Waals surface area contributed by atoms with Gasteiger partial charge >= 0.3 is 0 Å². The van der Waals surface area contributed by atoms with Crippen molar-refractivity contribution in [2.75, 3.05) is 26.3 Å². The highest BCUT2D eigenvalue weighted by atomic mass is 16.5. The van der Waals surface area contributed by atoms with E-state index in [4.69, 9.17) is 10.5 Å². The van der Waals surface area contributed by atoms with Crippen LogP contribution in [0.2, 0.25) is 0 Å². The monoisotopic (exact) mass is 294 g/mol. The molecular weight excluding hydrogens is 268 g/mol. The molecule has 4 N–H and O–H groups in total. The SMILES string of the molecule is NCc1ccccc1OCC(O)CN1CCCCC1CO. The molecule has 5 heteroatoms. The van der Waals surface area contributed by atoms with Crippen molar-refractivity contribution in [3.8, 4) is 5.75 Å². The Labute approximate surface area is 126 Å². The molecule has 0 bridgehead atoms. The summed E-state index contributed by atoms with van der Waals surface area (Å²) in [7, 11) is 0. The van der Waals surface area contributed by atoms with Gasteiger partial charge in [-0.2, -0.15) is 0 Å². The van der Waals surface area contributed by atoms with Crippen molar-refractivity contribution in [1.82, 2.24) is 4.90 Å². The number of nitrogens with two attached hydrogens (primary N) is 1. The third kappa shape index (κ3) is 4.68. The largest absolute Gasteiger partial charge is 0.491 e. The minimum atomic E-state index is -0.567. The van der Waals surface area contributed by atoms with E-state index in [9.17, 15) is 10.2 Å². The second kappa shape index (κ2) is 8.34. The highest BCUT2D eigenvalue weighted by molar-refractivity contribution is 5.32. The van der Waals surface area contributed by atoms with Crippen molar-refractivity contribution in [3.63, 3.8) is 0 Å². The predicted octanol–water partition coefficient (Wildman–Crippen LogP) is 0.732. The molecule has 0 aliphatic carbocycles. The van der Waals surface area contributed by atoms with E-state index in [-0.39, 0.29) is 19.3 Å². The number of rotatable bonds is 7. The maximum absolute atomic E-state index is 10.2. The maximum Gasteiger partial charge on any atom is 0.123 e. The molecule has 5 nitrogen and oxygen atoms in total. The first kappa shape index (κ1) is 16.2. The number of likely N-dealkylation sites (tertiary alicyclic amines) is 1. The van der Waals surface area contributed by atoms with E-state index in [1.54, 1.807) is 0 Å². The average Bonchev–Trinajstić information content (AvgIpc) is 2.53. The van der Waals surface area contributed by atoms with Crippen molar-refractivity contribution in [1.29, 1.82) is 0 Å². The summed E-state index contributed by atoms with van der Waals surface area (Å²) in [6.07, 6.45) is 2.71. The zero-order valence-corrected chi connectivity index (χ0v) is 12.4. The summed E-state index contributed by atoms with van der Waals surface area (Å²) in [5, 5.41) is 19.5. The first-order valence-corrected chi connectivity index (χ1v) is 7.68. The van der Waals surface area contributed by atoms with Crippen LogP contribution in [0.4, 0.5) is 0 Å². The summed E-state index contributed by atoms with van der Waals surface area (Å²) in [6.45, 7) is 2.29. The van der Waals surface area contributed by atoms with E-state index >= 15 is 0 Å². The lowest BCUT2D eigenvalue weighted by Crippen LogP contribution is -2.46. The van der Waals surface area contributed by atoms with Crippen LogP contribution in [0.25, 0.3) is 0 Å². The number of piperidine rings is 1. The molecule has 0 saturated carbocycles. The fourth-order valence-corrected chi connectivity index (χ4v) is 2.83. The Morgan fingerprint density at radius 3 is 2.90 bits per heavy atom. The van der Waals surface area contributed by atoms with Crippen LogP contribution >= 0.6 is 0 Å². The van der Waals surface area contributed by atoms with E-state index in [0.29, 0.717) is 13.1 Å². The number of hydrogen-bond acceptors (Lipinski definition) is 5. The van der Waals surface area contributed by atoms with E-state index in [2.05, 4.69) is 4.90 Å². The van der Waals surface area contributed by atoms with Crippen molar-refractivity contribution in [3.05, 3.63) is 29.8 Å². The standard InChI is InChI=1S/C16H26N2O3/c17-9-13-5-1-2-7-16(13)21-12-15(20)10-18-8-4-3-6-14(18)11-19/h1-2,5,7,14-15,19-20H,3-4,6,8-12,17H2. The molecule has 1 heterocycles. The lowest BCUT2D eigenvalue weighted by Gasteiger charge is -2.35. The van der Waals surface area contributed by atoms with Crippen molar-refractivity contribution < 1.29 is 14.9 Å². The Morgan fingerprint density at radius 2 is 2.14 bits per heavy atom. The van der Waals surface area contributed by atoms with Crippen LogP contribution in [0.15, 0.2) is 24.3 Å². The Balaban J connectivity index is 1.82. The van der Waals surface area contributed by atoms with E-state index in [0.717, 1.165) is 37.1 Å². The molecule has 1 fully saturated rings. The maximum atomic E-state index is 10.2. The second-order valence-corrected chi connectivity index (χ2v) is 5.60. The Bertz CT molecular complexity index is 428. The van der Waals surface area contributed by atoms with Crippen LogP contribution in [0.3, 0.4) is 0 Å². The summed E-state index contributed by atoms with van der Waals surface area (Å²) in [6, 6.07) is 7.78. The number of nitrogens with zero attached hydrogens (tertiary/aromatic N) is 1. The van der Waals surface area contributed by atoms with Gasteiger partial charge in [0.05, 0.1) is 6.61 Å². The van der Waals surface area contributed by atoms with Crippen LogP contribution in [-0.4, -0.2) is 53.6 Å². The third-order valence-electron chi connectivity index (χ3n) is 4.03. The molecule has 0 aromatic heterocycles. The number of β-amino-alcohol motifs (C(OH)–C–C–N with tert-alkyl or cyclic N) is 1. The number of hydrogen-bond donors (Lipinski definition) is 3. The van der Waals surface area contributed by atoms with Gasteiger partial charge in [0.2, 0.25) is 0 Å². The van der Waals surface area contributed by atoms with Gasteiger partial charge in [0.15, 0.2) is 0 Å². The van der Waals surface area contributed by atoms with Crippen LogP contribution in [0.5, 0.6) is 5.75 Å². The average molecular weight is 294 g/mol. The molecule has 0 radical (unpaired) electrons. The molecule has 1 aliphatic heterocycles. The first-order valence-electron chi connectivity index (χ1n) is 7.68. The predicted molar refractivity (Wildman–Crippen MR) is 82.1 cm³/mol. The number of aliphatic hydroxyl groups excluding tert-OH is 2. The number of para-hydroxylation sites is 1. The van der Waals surface area contributed by atoms with E-state index < -0.39 is 6.10 Å². The summed E-state index contributed by atoms with van der Waals surface area (Å²) in [5.74, 6) is 0.733. The first-order chi connectivity index (χ1) is 10.2. The van der Waals surface area contributed by atoms with Crippen LogP contribution in [-0.2, 0) is 6.54 Å². The molecule has 0 spiro atoms. The van der Waals surface area contributed by atoms with Gasteiger partial charge < -0.3 is 20.7 Å². The lowest BCUT2D eigenvalue weighted by molar-refractivity contribution is 0.0230. The molecule has 1 aliphatic rings. The third-order valence-corrected chi connectivity index (χ3v) is 4.03. The Hall–Kier alpha value is -1.14. The molecule has 1 aromatic rings. The van der Waals surface area contributed by atoms with Crippen molar-refractivity contribution in [2.24, 2.45) is 5.73 Å². The number of aliphatic hydroxyl groups is 2. The van der Waals surface area contributed by atoms with Crippen LogP contribution in [0.1, 0.15) is 24.8 Å². The zero-order valence-electron chi connectivity index (χ0n) is 12.4. The topological polar surface area (TPSA) is 79.0 Å². The lowest BCUT2D eigenvalue weighted by atomic mass is 10.0. The van der Waals surface area contributed by atoms with Gasteiger partial charge in [0, 0.05) is 24.7 Å². The summed E-state index contributed by atoms with van der Waals surface area (Å²) in [5.41, 5.74) is 6.60. The minimum Gasteiger partial charge on any atom is -0.491 e. The highest BCUT2D eigenvalue weighted by Gasteiger charge is 2.23. The van der Waals surface area contributed by atoms with E-state index in [1.165, 1.54) is 0 Å². The molecular formula is C16H26N2O3. The summed E-state index contributed by atoms with van der Waals surface area (Å²) in [4.78, 5) is 2.16. The highest BCUT2D eigenvalue weighted by Crippen LogP contribution is 2.19. The van der Waals surface area contributed by atoms with Crippen molar-refractivity contribution in [2.45, 2.75) is 38.0 Å². The smallest absolute Gasteiger partial charge is 0.123 e. The molecule has 2 atom stereocenters. The molecule has 118 valence electrons. The fourth-order valence-electron chi connectivity index (χ4n) is 2.83. The van der Waals surface area contributed by atoms with Gasteiger partial charge in [-0.1, -0.05) is 24.6 Å². The van der Waals surface area contributed by atoms with Gasteiger partial charge in [0.25, 0.3) is 0 Å². The zero-order chi connectivity index (χ0) is 15.1. The van der Waals surface area contributed by atoms with Gasteiger partial charge in [0.1, 0.15) is 18.5 Å². The van der Waals surface area contributed by atoms with Gasteiger partial charge in [-0.15, -0.1) is 0 Å². The number of ether oxygens (including phenoxy) is 1. The number of benzene rings is 1. The van der Waals surface area contributed by atoms with Crippen LogP contribution in [0, 0.1) is 0 Å². The molecule has 2 unspecified atom stereocenters. The molecule has 1 aromatic carbocycles. The Kier molecular flexibility index (Phi) is 6.45.